The number of thiazole rings is 1. The van der Waals surface area contributed by atoms with Crippen LogP contribution in [0.4, 0.5) is 14.5 Å². The van der Waals surface area contributed by atoms with Gasteiger partial charge in [0.05, 0.1) is 20.8 Å². The molecule has 35 heavy (non-hydrogen) atoms. The lowest BCUT2D eigenvalue weighted by atomic mass is 9.77. The lowest BCUT2D eigenvalue weighted by Gasteiger charge is -2.29. The van der Waals surface area contributed by atoms with E-state index < -0.39 is 23.1 Å². The standard InChI is InChI=1S/C27H33F2N3O2S/c1-15(2)16-9-11-17(12-10-16)25-32-21-13-18(26(3,4)34)20(14-22(21)35-25)31-24(33)19-7-6-8-23(30-19)27(5,28)29/h6-8,13-17,34H,9-12H2,1-5H3,(H,31,33). The normalized spacial score (nSPS) is 19.3. The van der Waals surface area contributed by atoms with Gasteiger partial charge in [0.25, 0.3) is 11.8 Å². The Bertz CT molecular complexity index is 1220. The third-order valence-electron chi connectivity index (χ3n) is 6.95. The molecular weight excluding hydrogens is 468 g/mol. The number of carbonyl (C=O) groups is 1. The second-order valence-corrected chi connectivity index (χ2v) is 11.6. The van der Waals surface area contributed by atoms with Crippen molar-refractivity contribution in [3.8, 4) is 0 Å². The topological polar surface area (TPSA) is 75.1 Å². The number of aromatic nitrogens is 2. The second kappa shape index (κ2) is 9.54. The minimum absolute atomic E-state index is 0.113. The minimum atomic E-state index is -3.15. The molecule has 0 spiro atoms. The van der Waals surface area contributed by atoms with Crippen LogP contribution in [0.5, 0.6) is 0 Å². The summed E-state index contributed by atoms with van der Waals surface area (Å²) >= 11 is 1.62. The maximum Gasteiger partial charge on any atom is 0.287 e. The summed E-state index contributed by atoms with van der Waals surface area (Å²) in [5.41, 5.74) is -0.112. The Balaban J connectivity index is 1.64. The molecule has 2 N–H and O–H groups in total. The number of amides is 1. The molecule has 3 aromatic rings. The van der Waals surface area contributed by atoms with Crippen molar-refractivity contribution < 1.29 is 18.7 Å². The number of nitrogens with zero attached hydrogens (tertiary/aromatic N) is 2. The summed E-state index contributed by atoms with van der Waals surface area (Å²) in [6, 6.07) is 7.61. The highest BCUT2D eigenvalue weighted by Crippen LogP contribution is 2.42. The molecule has 1 amide bonds. The summed E-state index contributed by atoms with van der Waals surface area (Å²) in [6.07, 6.45) is 4.65. The predicted octanol–water partition coefficient (Wildman–Crippen LogP) is 7.21. The number of nitrogens with one attached hydrogen (secondary N) is 1. The molecule has 5 nitrogen and oxygen atoms in total. The van der Waals surface area contributed by atoms with E-state index in [1.54, 1.807) is 25.2 Å². The summed E-state index contributed by atoms with van der Waals surface area (Å²) < 4.78 is 28.3. The highest BCUT2D eigenvalue weighted by atomic mass is 32.1. The average molecular weight is 502 g/mol. The van der Waals surface area contributed by atoms with Gasteiger partial charge in [0, 0.05) is 24.1 Å². The van der Waals surface area contributed by atoms with Gasteiger partial charge in [-0.1, -0.05) is 19.9 Å². The number of carbonyl (C=O) groups excluding carboxylic acids is 1. The molecular formula is C27H33F2N3O2S. The monoisotopic (exact) mass is 501 g/mol. The number of aliphatic hydroxyl groups is 1. The molecule has 2 aromatic heterocycles. The van der Waals surface area contributed by atoms with Crippen molar-refractivity contribution in [1.29, 1.82) is 0 Å². The van der Waals surface area contributed by atoms with Crippen LogP contribution in [0.1, 0.15) is 93.0 Å². The molecule has 0 unspecified atom stereocenters. The van der Waals surface area contributed by atoms with Crippen LogP contribution >= 0.6 is 11.3 Å². The maximum absolute atomic E-state index is 13.7. The highest BCUT2D eigenvalue weighted by Gasteiger charge is 2.29. The molecule has 1 aliphatic rings. The molecule has 1 aromatic carbocycles. The van der Waals surface area contributed by atoms with Crippen LogP contribution in [0, 0.1) is 11.8 Å². The lowest BCUT2D eigenvalue weighted by molar-refractivity contribution is 0.0126. The Labute approximate surface area is 209 Å². The summed E-state index contributed by atoms with van der Waals surface area (Å²) in [5.74, 6) is -1.87. The zero-order chi connectivity index (χ0) is 25.5. The van der Waals surface area contributed by atoms with Gasteiger partial charge in [-0.25, -0.2) is 9.97 Å². The fraction of sp³-hybridized carbons (Fsp3) is 0.519. The molecule has 188 valence electrons. The van der Waals surface area contributed by atoms with Crippen LogP contribution in [-0.2, 0) is 11.5 Å². The first-order valence-electron chi connectivity index (χ1n) is 12.2. The largest absolute Gasteiger partial charge is 0.386 e. The molecule has 1 aliphatic carbocycles. The summed E-state index contributed by atoms with van der Waals surface area (Å²) in [4.78, 5) is 21.7. The summed E-state index contributed by atoms with van der Waals surface area (Å²) in [5, 5.41) is 14.7. The smallest absolute Gasteiger partial charge is 0.287 e. The SMILES string of the molecule is CC(C)C1CCC(c2nc3cc(C(C)(C)O)c(NC(=O)c4cccc(C(C)(F)F)n4)cc3s2)CC1. The molecule has 0 aliphatic heterocycles. The van der Waals surface area contributed by atoms with E-state index in [4.69, 9.17) is 4.98 Å². The third-order valence-corrected chi connectivity index (χ3v) is 8.13. The van der Waals surface area contributed by atoms with Gasteiger partial charge in [0.1, 0.15) is 11.4 Å². The van der Waals surface area contributed by atoms with E-state index in [1.807, 2.05) is 12.1 Å². The Kier molecular flexibility index (Phi) is 6.99. The number of rotatable bonds is 6. The second-order valence-electron chi connectivity index (χ2n) is 10.6. The molecule has 4 rings (SSSR count). The van der Waals surface area contributed by atoms with Crippen LogP contribution in [0.15, 0.2) is 30.3 Å². The predicted molar refractivity (Wildman–Crippen MR) is 136 cm³/mol. The average Bonchev–Trinajstić information content (AvgIpc) is 3.20. The number of hydrogen-bond acceptors (Lipinski definition) is 5. The molecule has 2 heterocycles. The van der Waals surface area contributed by atoms with E-state index in [1.165, 1.54) is 31.0 Å². The fourth-order valence-corrected chi connectivity index (χ4v) is 5.96. The van der Waals surface area contributed by atoms with Gasteiger partial charge >= 0.3 is 0 Å². The van der Waals surface area contributed by atoms with E-state index in [-0.39, 0.29) is 5.69 Å². The van der Waals surface area contributed by atoms with E-state index >= 15 is 0 Å². The maximum atomic E-state index is 13.7. The van der Waals surface area contributed by atoms with E-state index in [2.05, 4.69) is 24.1 Å². The van der Waals surface area contributed by atoms with E-state index in [0.29, 0.717) is 23.1 Å². The zero-order valence-corrected chi connectivity index (χ0v) is 21.7. The van der Waals surface area contributed by atoms with Crippen LogP contribution in [0.25, 0.3) is 10.2 Å². The quantitative estimate of drug-likeness (QED) is 0.374. The molecule has 1 saturated carbocycles. The van der Waals surface area contributed by atoms with Crippen molar-refractivity contribution in [2.24, 2.45) is 11.8 Å². The van der Waals surface area contributed by atoms with Crippen molar-refractivity contribution in [3.05, 3.63) is 52.3 Å². The zero-order valence-electron chi connectivity index (χ0n) is 20.9. The first-order valence-corrected chi connectivity index (χ1v) is 13.0. The van der Waals surface area contributed by atoms with Gasteiger partial charge in [0.15, 0.2) is 0 Å². The summed E-state index contributed by atoms with van der Waals surface area (Å²) in [6.45, 7) is 8.60. The van der Waals surface area contributed by atoms with Crippen molar-refractivity contribution in [2.45, 2.75) is 77.7 Å². The molecule has 8 heteroatoms. The third kappa shape index (κ3) is 5.70. The molecule has 0 bridgehead atoms. The highest BCUT2D eigenvalue weighted by molar-refractivity contribution is 7.18. The van der Waals surface area contributed by atoms with Crippen LogP contribution in [-0.4, -0.2) is 21.0 Å². The van der Waals surface area contributed by atoms with Gasteiger partial charge in [-0.2, -0.15) is 8.78 Å². The van der Waals surface area contributed by atoms with Crippen LogP contribution in [0.3, 0.4) is 0 Å². The van der Waals surface area contributed by atoms with Crippen molar-refractivity contribution in [2.75, 3.05) is 5.32 Å². The van der Waals surface area contributed by atoms with Crippen LogP contribution in [0.2, 0.25) is 0 Å². The van der Waals surface area contributed by atoms with Crippen molar-refractivity contribution >= 4 is 33.1 Å². The lowest BCUT2D eigenvalue weighted by Crippen LogP contribution is -2.22. The number of pyridine rings is 1. The fourth-order valence-electron chi connectivity index (χ4n) is 4.80. The Hall–Kier alpha value is -2.45. The molecule has 0 radical (unpaired) electrons. The first kappa shape index (κ1) is 25.6. The number of fused-ring (bicyclic) bond motifs is 1. The number of hydrogen-bond donors (Lipinski definition) is 2. The van der Waals surface area contributed by atoms with Gasteiger partial charge in [-0.3, -0.25) is 4.79 Å². The molecule has 1 fully saturated rings. The number of benzene rings is 1. The van der Waals surface area contributed by atoms with Gasteiger partial charge < -0.3 is 10.4 Å². The van der Waals surface area contributed by atoms with Gasteiger partial charge in [0.2, 0.25) is 0 Å². The van der Waals surface area contributed by atoms with Gasteiger partial charge in [-0.15, -0.1) is 11.3 Å². The van der Waals surface area contributed by atoms with Gasteiger partial charge in [-0.05, 0) is 75.6 Å². The Morgan fingerprint density at radius 3 is 2.40 bits per heavy atom. The molecule has 0 atom stereocenters. The number of alkyl halides is 2. The van der Waals surface area contributed by atoms with Crippen molar-refractivity contribution in [1.82, 2.24) is 9.97 Å². The number of anilines is 1. The first-order chi connectivity index (χ1) is 16.3. The minimum Gasteiger partial charge on any atom is -0.386 e. The van der Waals surface area contributed by atoms with E-state index in [0.717, 1.165) is 40.9 Å². The van der Waals surface area contributed by atoms with E-state index in [9.17, 15) is 18.7 Å². The molecule has 0 saturated heterocycles. The Morgan fingerprint density at radius 1 is 1.11 bits per heavy atom. The Morgan fingerprint density at radius 2 is 1.80 bits per heavy atom. The van der Waals surface area contributed by atoms with Crippen LogP contribution < -0.4 is 5.32 Å². The number of halogens is 2. The van der Waals surface area contributed by atoms with Crippen molar-refractivity contribution in [3.63, 3.8) is 0 Å². The summed E-state index contributed by atoms with van der Waals surface area (Å²) in [7, 11) is 0.